The summed E-state index contributed by atoms with van der Waals surface area (Å²) < 4.78 is 1.38. The van der Waals surface area contributed by atoms with E-state index in [4.69, 9.17) is 0 Å². The van der Waals surface area contributed by atoms with E-state index in [1.165, 1.54) is 4.52 Å². The predicted octanol–water partition coefficient (Wildman–Crippen LogP) is 1.01. The molecule has 0 bridgehead atoms. The Morgan fingerprint density at radius 1 is 1.32 bits per heavy atom. The second-order valence-corrected chi connectivity index (χ2v) is 4.40. The lowest BCUT2D eigenvalue weighted by molar-refractivity contribution is 0.868. The van der Waals surface area contributed by atoms with Gasteiger partial charge in [0.15, 0.2) is 5.65 Å². The van der Waals surface area contributed by atoms with Crippen LogP contribution in [0.5, 0.6) is 0 Å². The number of rotatable bonds is 1. The van der Waals surface area contributed by atoms with Crippen molar-refractivity contribution in [1.82, 2.24) is 29.8 Å². The van der Waals surface area contributed by atoms with Gasteiger partial charge >= 0.3 is 0 Å². The summed E-state index contributed by atoms with van der Waals surface area (Å²) in [6.07, 6.45) is 3.99. The van der Waals surface area contributed by atoms with Gasteiger partial charge in [0.25, 0.3) is 5.56 Å². The van der Waals surface area contributed by atoms with Crippen LogP contribution in [0, 0.1) is 0 Å². The van der Waals surface area contributed by atoms with E-state index < -0.39 is 0 Å². The fourth-order valence-corrected chi connectivity index (χ4v) is 2.29. The van der Waals surface area contributed by atoms with Crippen molar-refractivity contribution in [3.8, 4) is 0 Å². The van der Waals surface area contributed by atoms with Crippen molar-refractivity contribution in [3.63, 3.8) is 0 Å². The molecule has 19 heavy (non-hydrogen) atoms. The predicted molar refractivity (Wildman–Crippen MR) is 70.1 cm³/mol. The fraction of sp³-hybridized carbons (Fsp3) is 0.167. The molecule has 0 amide bonds. The van der Waals surface area contributed by atoms with Gasteiger partial charge in [0.05, 0.1) is 28.2 Å². The van der Waals surface area contributed by atoms with Gasteiger partial charge in [-0.15, -0.1) is 0 Å². The minimum absolute atomic E-state index is 0.168. The van der Waals surface area contributed by atoms with Crippen molar-refractivity contribution in [2.24, 2.45) is 0 Å². The number of aromatic amines is 2. The molecule has 2 N–H and O–H groups in total. The Kier molecular flexibility index (Phi) is 1.84. The number of hydrogen-bond acceptors (Lipinski definition) is 4. The maximum atomic E-state index is 12.4. The third-order valence-electron chi connectivity index (χ3n) is 3.28. The van der Waals surface area contributed by atoms with Crippen molar-refractivity contribution < 1.29 is 0 Å². The largest absolute Gasteiger partial charge is 0.339 e. The van der Waals surface area contributed by atoms with E-state index >= 15 is 0 Å². The Balaban J connectivity index is 2.28. The summed E-state index contributed by atoms with van der Waals surface area (Å²) in [4.78, 5) is 19.8. The van der Waals surface area contributed by atoms with Crippen molar-refractivity contribution in [1.29, 1.82) is 0 Å². The minimum Gasteiger partial charge on any atom is -0.339 e. The molecule has 7 nitrogen and oxygen atoms in total. The van der Waals surface area contributed by atoms with E-state index in [9.17, 15) is 4.79 Å². The molecule has 94 valence electrons. The number of hydrogen-bond donors (Lipinski definition) is 2. The molecular formula is C12H10N6O. The zero-order valence-electron chi connectivity index (χ0n) is 10.1. The molecule has 0 aliphatic heterocycles. The monoisotopic (exact) mass is 254 g/mol. The Labute approximate surface area is 106 Å². The maximum absolute atomic E-state index is 12.4. The summed E-state index contributed by atoms with van der Waals surface area (Å²) in [7, 11) is 0. The first-order chi connectivity index (χ1) is 9.28. The van der Waals surface area contributed by atoms with Crippen LogP contribution in [-0.2, 0) is 6.42 Å². The van der Waals surface area contributed by atoms with Gasteiger partial charge in [0.1, 0.15) is 5.65 Å². The van der Waals surface area contributed by atoms with Crippen molar-refractivity contribution in [3.05, 3.63) is 34.5 Å². The first-order valence-corrected chi connectivity index (χ1v) is 6.00. The van der Waals surface area contributed by atoms with E-state index in [-0.39, 0.29) is 5.56 Å². The Bertz CT molecular complexity index is 976. The van der Waals surface area contributed by atoms with Gasteiger partial charge in [-0.2, -0.15) is 14.7 Å². The maximum Gasteiger partial charge on any atom is 0.283 e. The number of fused-ring (bicyclic) bond motifs is 4. The lowest BCUT2D eigenvalue weighted by Crippen LogP contribution is -2.15. The van der Waals surface area contributed by atoms with E-state index in [1.54, 1.807) is 12.4 Å². The Morgan fingerprint density at radius 3 is 3.05 bits per heavy atom. The molecule has 0 aromatic carbocycles. The number of aromatic nitrogens is 6. The van der Waals surface area contributed by atoms with Gasteiger partial charge in [-0.25, -0.2) is 4.98 Å². The molecule has 0 saturated carbocycles. The molecule has 7 heteroatoms. The topological polar surface area (TPSA) is 91.7 Å². The van der Waals surface area contributed by atoms with Gasteiger partial charge < -0.3 is 4.98 Å². The molecule has 4 rings (SSSR count). The quantitative estimate of drug-likeness (QED) is 0.530. The second kappa shape index (κ2) is 3.41. The molecule has 4 aromatic heterocycles. The first-order valence-electron chi connectivity index (χ1n) is 6.00. The SMILES string of the molecule is CCc1cc2[nH]c3c(cnc4[nH]ncc43)c(=O)n2n1. The van der Waals surface area contributed by atoms with Gasteiger partial charge in [-0.05, 0) is 6.42 Å². The standard InChI is InChI=1S/C12H10N6O/c1-2-6-3-9-15-10-7-5-14-16-11(7)13-4-8(10)12(19)18(9)17-6/h3-5,15H,2H2,1H3,(H,13,14,16). The zero-order valence-corrected chi connectivity index (χ0v) is 10.1. The zero-order chi connectivity index (χ0) is 13.0. The summed E-state index contributed by atoms with van der Waals surface area (Å²) in [5, 5.41) is 12.3. The van der Waals surface area contributed by atoms with E-state index in [0.29, 0.717) is 16.7 Å². The molecule has 0 unspecified atom stereocenters. The molecule has 0 fully saturated rings. The second-order valence-electron chi connectivity index (χ2n) is 4.40. The third kappa shape index (κ3) is 1.26. The number of pyridine rings is 1. The van der Waals surface area contributed by atoms with Crippen LogP contribution >= 0.6 is 0 Å². The number of nitrogens with one attached hydrogen (secondary N) is 2. The van der Waals surface area contributed by atoms with E-state index in [2.05, 4.69) is 25.3 Å². The number of aryl methyl sites for hydroxylation is 1. The van der Waals surface area contributed by atoms with Crippen LogP contribution in [0.4, 0.5) is 0 Å². The van der Waals surface area contributed by atoms with Crippen molar-refractivity contribution >= 4 is 27.6 Å². The van der Waals surface area contributed by atoms with E-state index in [0.717, 1.165) is 23.0 Å². The van der Waals surface area contributed by atoms with Gasteiger partial charge in [-0.1, -0.05) is 6.92 Å². The fourth-order valence-electron chi connectivity index (χ4n) is 2.29. The Morgan fingerprint density at radius 2 is 2.21 bits per heavy atom. The average molecular weight is 254 g/mol. The summed E-state index contributed by atoms with van der Waals surface area (Å²) in [6, 6.07) is 1.88. The van der Waals surface area contributed by atoms with E-state index in [1.807, 2.05) is 13.0 Å². The summed E-state index contributed by atoms with van der Waals surface area (Å²) in [6.45, 7) is 2.00. The van der Waals surface area contributed by atoms with Crippen molar-refractivity contribution in [2.45, 2.75) is 13.3 Å². The van der Waals surface area contributed by atoms with Crippen LogP contribution < -0.4 is 5.56 Å². The molecule has 0 atom stereocenters. The smallest absolute Gasteiger partial charge is 0.283 e. The van der Waals surface area contributed by atoms with Crippen LogP contribution in [-0.4, -0.2) is 29.8 Å². The summed E-state index contributed by atoms with van der Waals surface area (Å²) in [5.74, 6) is 0. The van der Waals surface area contributed by atoms with Gasteiger partial charge in [0.2, 0.25) is 0 Å². The molecule has 0 aliphatic rings. The van der Waals surface area contributed by atoms with Crippen LogP contribution in [0.25, 0.3) is 27.6 Å². The molecule has 0 saturated heterocycles. The van der Waals surface area contributed by atoms with Crippen LogP contribution in [0.15, 0.2) is 23.3 Å². The first kappa shape index (κ1) is 10.2. The number of nitrogens with zero attached hydrogens (tertiary/aromatic N) is 4. The third-order valence-corrected chi connectivity index (χ3v) is 3.28. The molecule has 0 spiro atoms. The van der Waals surface area contributed by atoms with Gasteiger partial charge in [0, 0.05) is 12.3 Å². The van der Waals surface area contributed by atoms with Crippen LogP contribution in [0.2, 0.25) is 0 Å². The highest BCUT2D eigenvalue weighted by atomic mass is 16.1. The highest BCUT2D eigenvalue weighted by Crippen LogP contribution is 2.18. The summed E-state index contributed by atoms with van der Waals surface area (Å²) in [5.41, 5.74) is 2.78. The number of H-pyrrole nitrogens is 2. The summed E-state index contributed by atoms with van der Waals surface area (Å²) >= 11 is 0. The lowest BCUT2D eigenvalue weighted by atomic mass is 10.2. The van der Waals surface area contributed by atoms with Crippen LogP contribution in [0.1, 0.15) is 12.6 Å². The van der Waals surface area contributed by atoms with Gasteiger partial charge in [-0.3, -0.25) is 9.89 Å². The lowest BCUT2D eigenvalue weighted by Gasteiger charge is -2.00. The van der Waals surface area contributed by atoms with Crippen molar-refractivity contribution in [2.75, 3.05) is 0 Å². The molecule has 4 heterocycles. The normalized spacial score (nSPS) is 11.8. The average Bonchev–Trinajstić information content (AvgIpc) is 3.04. The molecular weight excluding hydrogens is 244 g/mol. The highest BCUT2D eigenvalue weighted by molar-refractivity contribution is 6.01. The minimum atomic E-state index is -0.168. The molecule has 4 aromatic rings. The molecule has 0 aliphatic carbocycles. The highest BCUT2D eigenvalue weighted by Gasteiger charge is 2.11. The Hall–Kier alpha value is -2.70. The molecule has 0 radical (unpaired) electrons. The van der Waals surface area contributed by atoms with Crippen LogP contribution in [0.3, 0.4) is 0 Å².